The predicted octanol–water partition coefficient (Wildman–Crippen LogP) is 3.00. The molecule has 0 saturated heterocycles. The third kappa shape index (κ3) is 2.85. The number of thioether (sulfide) groups is 1. The minimum absolute atomic E-state index is 0.0119. The average Bonchev–Trinajstić information content (AvgIpc) is 2.38. The normalized spacial score (nSPS) is 14.3. The van der Waals surface area contributed by atoms with E-state index in [4.69, 9.17) is 0 Å². The largest absolute Gasteiger partial charge is 0.392 e. The summed E-state index contributed by atoms with van der Waals surface area (Å²) in [5, 5.41) is 21.9. The van der Waals surface area contributed by atoms with E-state index < -0.39 is 11.0 Å². The molecule has 5 nitrogen and oxygen atoms in total. The van der Waals surface area contributed by atoms with Crippen molar-refractivity contribution in [2.45, 2.75) is 30.1 Å². The standard InChI is InChI=1S/C13H14N2O3S/c1-8(16)9(2)19-13-4-3-12(15(17)18)11-7-14-6-5-10(11)13/h3-9,16H,1-2H3. The number of non-ortho nitro benzene ring substituents is 1. The van der Waals surface area contributed by atoms with Crippen molar-refractivity contribution in [2.75, 3.05) is 0 Å². The van der Waals surface area contributed by atoms with Gasteiger partial charge in [-0.25, -0.2) is 0 Å². The number of hydrogen-bond donors (Lipinski definition) is 1. The second-order valence-corrected chi connectivity index (χ2v) is 5.74. The van der Waals surface area contributed by atoms with Gasteiger partial charge < -0.3 is 5.11 Å². The monoisotopic (exact) mass is 278 g/mol. The van der Waals surface area contributed by atoms with Gasteiger partial charge in [-0.2, -0.15) is 0 Å². The van der Waals surface area contributed by atoms with E-state index in [2.05, 4.69) is 4.98 Å². The lowest BCUT2D eigenvalue weighted by molar-refractivity contribution is -0.383. The van der Waals surface area contributed by atoms with Crippen LogP contribution in [0.15, 0.2) is 35.5 Å². The molecule has 2 unspecified atom stereocenters. The highest BCUT2D eigenvalue weighted by atomic mass is 32.2. The van der Waals surface area contributed by atoms with Gasteiger partial charge >= 0.3 is 0 Å². The fraction of sp³-hybridized carbons (Fsp3) is 0.308. The molecule has 0 fully saturated rings. The van der Waals surface area contributed by atoms with Crippen molar-refractivity contribution < 1.29 is 10.0 Å². The van der Waals surface area contributed by atoms with Crippen LogP contribution in [0.2, 0.25) is 0 Å². The molecule has 0 aliphatic carbocycles. The van der Waals surface area contributed by atoms with Gasteiger partial charge in [0.05, 0.1) is 16.4 Å². The van der Waals surface area contributed by atoms with Gasteiger partial charge in [0.25, 0.3) is 5.69 Å². The van der Waals surface area contributed by atoms with Crippen molar-refractivity contribution in [3.8, 4) is 0 Å². The fourth-order valence-electron chi connectivity index (χ4n) is 1.71. The van der Waals surface area contributed by atoms with E-state index in [-0.39, 0.29) is 10.9 Å². The zero-order valence-corrected chi connectivity index (χ0v) is 11.4. The summed E-state index contributed by atoms with van der Waals surface area (Å²) in [5.41, 5.74) is 0.0529. The summed E-state index contributed by atoms with van der Waals surface area (Å²) < 4.78 is 0. The molecule has 0 aliphatic rings. The topological polar surface area (TPSA) is 76.3 Å². The maximum absolute atomic E-state index is 11.0. The second kappa shape index (κ2) is 5.54. The smallest absolute Gasteiger partial charge is 0.278 e. The molecule has 0 saturated carbocycles. The van der Waals surface area contributed by atoms with Crippen LogP contribution in [0.5, 0.6) is 0 Å². The summed E-state index contributed by atoms with van der Waals surface area (Å²) in [6.07, 6.45) is 2.67. The van der Waals surface area contributed by atoms with Crippen LogP contribution >= 0.6 is 11.8 Å². The van der Waals surface area contributed by atoms with Crippen molar-refractivity contribution in [3.63, 3.8) is 0 Å². The Morgan fingerprint density at radius 3 is 2.68 bits per heavy atom. The number of benzene rings is 1. The number of aliphatic hydroxyl groups is 1. The summed E-state index contributed by atoms with van der Waals surface area (Å²) in [4.78, 5) is 15.4. The Morgan fingerprint density at radius 2 is 2.05 bits per heavy atom. The third-order valence-electron chi connectivity index (χ3n) is 2.94. The van der Waals surface area contributed by atoms with Crippen molar-refractivity contribution >= 4 is 28.2 Å². The number of hydrogen-bond acceptors (Lipinski definition) is 5. The lowest BCUT2D eigenvalue weighted by atomic mass is 10.1. The molecule has 1 N–H and O–H groups in total. The molecule has 2 rings (SSSR count). The molecule has 0 radical (unpaired) electrons. The molecule has 1 heterocycles. The van der Waals surface area contributed by atoms with E-state index in [0.717, 1.165) is 10.3 Å². The van der Waals surface area contributed by atoms with Crippen LogP contribution in [0.4, 0.5) is 5.69 Å². The van der Waals surface area contributed by atoms with Gasteiger partial charge in [0.2, 0.25) is 0 Å². The van der Waals surface area contributed by atoms with E-state index >= 15 is 0 Å². The van der Waals surface area contributed by atoms with Crippen LogP contribution in [0.1, 0.15) is 13.8 Å². The fourth-order valence-corrected chi connectivity index (χ4v) is 2.76. The molecule has 0 amide bonds. The molecule has 1 aromatic carbocycles. The van der Waals surface area contributed by atoms with Crippen LogP contribution in [0.3, 0.4) is 0 Å². The predicted molar refractivity (Wildman–Crippen MR) is 75.4 cm³/mol. The van der Waals surface area contributed by atoms with Crippen LogP contribution in [-0.4, -0.2) is 26.4 Å². The van der Waals surface area contributed by atoms with Gasteiger partial charge in [-0.3, -0.25) is 15.1 Å². The van der Waals surface area contributed by atoms with Gasteiger partial charge in [-0.05, 0) is 19.1 Å². The SMILES string of the molecule is CC(O)C(C)Sc1ccc([N+](=O)[O-])c2cnccc12. The van der Waals surface area contributed by atoms with Crippen LogP contribution in [-0.2, 0) is 0 Å². The molecular weight excluding hydrogens is 264 g/mol. The first-order valence-electron chi connectivity index (χ1n) is 5.86. The summed E-state index contributed by atoms with van der Waals surface area (Å²) in [6.45, 7) is 3.65. The molecule has 100 valence electrons. The minimum Gasteiger partial charge on any atom is -0.392 e. The minimum atomic E-state index is -0.447. The Morgan fingerprint density at radius 1 is 1.32 bits per heavy atom. The Kier molecular flexibility index (Phi) is 4.01. The lowest BCUT2D eigenvalue weighted by Gasteiger charge is -2.15. The molecule has 19 heavy (non-hydrogen) atoms. The number of nitrogens with zero attached hydrogens (tertiary/aromatic N) is 2. The Balaban J connectivity index is 2.53. The van der Waals surface area contributed by atoms with Crippen molar-refractivity contribution in [1.82, 2.24) is 4.98 Å². The van der Waals surface area contributed by atoms with E-state index in [0.29, 0.717) is 5.39 Å². The number of aliphatic hydroxyl groups excluding tert-OH is 1. The molecule has 1 aromatic heterocycles. The number of fused-ring (bicyclic) bond motifs is 1. The maximum atomic E-state index is 11.0. The first-order valence-corrected chi connectivity index (χ1v) is 6.74. The van der Waals surface area contributed by atoms with Crippen molar-refractivity contribution in [3.05, 3.63) is 40.7 Å². The van der Waals surface area contributed by atoms with Crippen LogP contribution in [0.25, 0.3) is 10.8 Å². The summed E-state index contributed by atoms with van der Waals surface area (Å²) in [7, 11) is 0. The lowest BCUT2D eigenvalue weighted by Crippen LogP contribution is -2.14. The Labute approximate surface area is 114 Å². The van der Waals surface area contributed by atoms with E-state index in [1.54, 1.807) is 25.3 Å². The molecular formula is C13H14N2O3S. The average molecular weight is 278 g/mol. The Bertz CT molecular complexity index is 616. The van der Waals surface area contributed by atoms with Crippen LogP contribution in [0, 0.1) is 10.1 Å². The number of nitro groups is 1. The summed E-state index contributed by atoms with van der Waals surface area (Å²) in [6, 6.07) is 4.98. The second-order valence-electron chi connectivity index (χ2n) is 4.32. The third-order valence-corrected chi connectivity index (χ3v) is 4.32. The summed E-state index contributed by atoms with van der Waals surface area (Å²) >= 11 is 1.50. The molecule has 0 bridgehead atoms. The highest BCUT2D eigenvalue weighted by Crippen LogP contribution is 2.35. The van der Waals surface area contributed by atoms with Gasteiger partial charge in [0, 0.05) is 34.0 Å². The highest BCUT2D eigenvalue weighted by molar-refractivity contribution is 8.00. The first-order chi connectivity index (χ1) is 9.00. The van der Waals surface area contributed by atoms with Crippen molar-refractivity contribution in [1.29, 1.82) is 0 Å². The van der Waals surface area contributed by atoms with E-state index in [9.17, 15) is 15.2 Å². The van der Waals surface area contributed by atoms with Gasteiger partial charge in [-0.15, -0.1) is 11.8 Å². The maximum Gasteiger partial charge on any atom is 0.278 e. The quantitative estimate of drug-likeness (QED) is 0.528. The number of pyridine rings is 1. The number of nitro benzene ring substituents is 1. The zero-order valence-electron chi connectivity index (χ0n) is 10.6. The van der Waals surface area contributed by atoms with Gasteiger partial charge in [0.15, 0.2) is 0 Å². The summed E-state index contributed by atoms with van der Waals surface area (Å²) in [5.74, 6) is 0. The molecule has 6 heteroatoms. The zero-order chi connectivity index (χ0) is 14.0. The number of aromatic nitrogens is 1. The molecule has 0 spiro atoms. The molecule has 2 aromatic rings. The van der Waals surface area contributed by atoms with E-state index in [1.807, 2.05) is 6.92 Å². The van der Waals surface area contributed by atoms with Crippen LogP contribution < -0.4 is 0 Å². The Hall–Kier alpha value is -1.66. The van der Waals surface area contributed by atoms with Gasteiger partial charge in [-0.1, -0.05) is 6.92 Å². The molecule has 2 atom stereocenters. The molecule has 0 aliphatic heterocycles. The first kappa shape index (κ1) is 13.8. The van der Waals surface area contributed by atoms with E-state index in [1.165, 1.54) is 24.0 Å². The van der Waals surface area contributed by atoms with Gasteiger partial charge in [0.1, 0.15) is 0 Å². The van der Waals surface area contributed by atoms with Crippen molar-refractivity contribution in [2.24, 2.45) is 0 Å². The highest BCUT2D eigenvalue weighted by Gasteiger charge is 2.17. The number of rotatable bonds is 4.